The molecule has 0 aromatic heterocycles. The fourth-order valence-corrected chi connectivity index (χ4v) is 2.81. The number of hydrogen-bond donors (Lipinski definition) is 2. The van der Waals surface area contributed by atoms with Crippen LogP contribution in [0.3, 0.4) is 0 Å². The zero-order valence-electron chi connectivity index (χ0n) is 14.2. The van der Waals surface area contributed by atoms with Crippen LogP contribution < -0.4 is 10.6 Å². The summed E-state index contributed by atoms with van der Waals surface area (Å²) in [6.07, 6.45) is 1.05. The molecule has 2 rings (SSSR count). The number of rotatable bonds is 7. The van der Waals surface area contributed by atoms with Crippen LogP contribution in [0.5, 0.6) is 0 Å². The Balaban J connectivity index is 1.94. The minimum absolute atomic E-state index is 0.0894. The maximum Gasteiger partial charge on any atom is 0.223 e. The molecule has 1 fully saturated rings. The third-order valence-electron chi connectivity index (χ3n) is 4.80. The van der Waals surface area contributed by atoms with Crippen LogP contribution in [0, 0.1) is 11.8 Å². The van der Waals surface area contributed by atoms with Gasteiger partial charge in [-0.3, -0.25) is 4.79 Å². The Bertz CT molecular complexity index is 480. The van der Waals surface area contributed by atoms with Crippen LogP contribution >= 0.6 is 0 Å². The van der Waals surface area contributed by atoms with Gasteiger partial charge in [-0.05, 0) is 50.7 Å². The van der Waals surface area contributed by atoms with E-state index >= 15 is 0 Å². The number of carbonyl (C=O) groups excluding carboxylic acids is 1. The van der Waals surface area contributed by atoms with Crippen LogP contribution in [0.15, 0.2) is 24.3 Å². The Morgan fingerprint density at radius 2 is 1.95 bits per heavy atom. The molecular formula is C18H29N3O. The molecule has 2 unspecified atom stereocenters. The average molecular weight is 303 g/mol. The minimum atomic E-state index is 0.0894. The first-order valence-corrected chi connectivity index (χ1v) is 8.26. The van der Waals surface area contributed by atoms with Crippen LogP contribution in [0.2, 0.25) is 0 Å². The molecule has 1 heterocycles. The topological polar surface area (TPSA) is 44.4 Å². The van der Waals surface area contributed by atoms with Crippen molar-refractivity contribution in [2.75, 3.05) is 33.7 Å². The van der Waals surface area contributed by atoms with Gasteiger partial charge in [0.15, 0.2) is 0 Å². The summed E-state index contributed by atoms with van der Waals surface area (Å²) < 4.78 is 0. The van der Waals surface area contributed by atoms with Crippen molar-refractivity contribution in [1.29, 1.82) is 0 Å². The Morgan fingerprint density at radius 3 is 2.41 bits per heavy atom. The van der Waals surface area contributed by atoms with Crippen molar-refractivity contribution in [3.8, 4) is 0 Å². The summed E-state index contributed by atoms with van der Waals surface area (Å²) in [6, 6.07) is 8.91. The van der Waals surface area contributed by atoms with Crippen molar-refractivity contribution in [3.63, 3.8) is 0 Å². The fraction of sp³-hybridized carbons (Fsp3) is 0.611. The number of benzene rings is 1. The van der Waals surface area contributed by atoms with E-state index in [2.05, 4.69) is 60.8 Å². The molecule has 1 aliphatic rings. The van der Waals surface area contributed by atoms with Gasteiger partial charge in [0.1, 0.15) is 0 Å². The summed E-state index contributed by atoms with van der Waals surface area (Å²) in [7, 11) is 4.12. The van der Waals surface area contributed by atoms with E-state index in [0.717, 1.165) is 19.5 Å². The van der Waals surface area contributed by atoms with Gasteiger partial charge in [0, 0.05) is 12.5 Å². The molecule has 122 valence electrons. The van der Waals surface area contributed by atoms with E-state index in [1.807, 2.05) is 6.92 Å². The molecule has 4 heteroatoms. The number of nitrogens with zero attached hydrogens (tertiary/aromatic N) is 1. The average Bonchev–Trinajstić information content (AvgIpc) is 2.45. The molecule has 0 saturated carbocycles. The van der Waals surface area contributed by atoms with Gasteiger partial charge in [-0.25, -0.2) is 0 Å². The number of amides is 1. The quantitative estimate of drug-likeness (QED) is 0.807. The molecule has 2 atom stereocenters. The zero-order valence-corrected chi connectivity index (χ0v) is 14.2. The van der Waals surface area contributed by atoms with Gasteiger partial charge < -0.3 is 15.5 Å². The summed E-state index contributed by atoms with van der Waals surface area (Å²) in [5.74, 6) is 0.747. The van der Waals surface area contributed by atoms with E-state index in [1.165, 1.54) is 11.1 Å². The van der Waals surface area contributed by atoms with Crippen molar-refractivity contribution in [2.45, 2.75) is 26.3 Å². The van der Waals surface area contributed by atoms with E-state index in [0.29, 0.717) is 12.5 Å². The first-order chi connectivity index (χ1) is 10.5. The van der Waals surface area contributed by atoms with E-state index in [1.54, 1.807) is 0 Å². The van der Waals surface area contributed by atoms with Crippen molar-refractivity contribution in [3.05, 3.63) is 35.4 Å². The van der Waals surface area contributed by atoms with Gasteiger partial charge >= 0.3 is 0 Å². The van der Waals surface area contributed by atoms with Crippen molar-refractivity contribution in [1.82, 2.24) is 15.5 Å². The fourth-order valence-electron chi connectivity index (χ4n) is 2.81. The van der Waals surface area contributed by atoms with Crippen LogP contribution in [0.1, 0.15) is 31.0 Å². The van der Waals surface area contributed by atoms with Crippen molar-refractivity contribution in [2.24, 2.45) is 11.8 Å². The third-order valence-corrected chi connectivity index (χ3v) is 4.80. The maximum absolute atomic E-state index is 12.3. The Morgan fingerprint density at radius 1 is 1.32 bits per heavy atom. The largest absolute Gasteiger partial charge is 0.354 e. The molecule has 1 aromatic rings. The lowest BCUT2D eigenvalue weighted by atomic mass is 9.88. The third kappa shape index (κ3) is 4.08. The van der Waals surface area contributed by atoms with Crippen LogP contribution in [0.25, 0.3) is 0 Å². The maximum atomic E-state index is 12.3. The predicted molar refractivity (Wildman–Crippen MR) is 90.8 cm³/mol. The van der Waals surface area contributed by atoms with Crippen LogP contribution in [0.4, 0.5) is 0 Å². The van der Waals surface area contributed by atoms with E-state index in [9.17, 15) is 4.79 Å². The minimum Gasteiger partial charge on any atom is -0.354 e. The lowest BCUT2D eigenvalue weighted by Crippen LogP contribution is -2.50. The van der Waals surface area contributed by atoms with E-state index < -0.39 is 0 Å². The lowest BCUT2D eigenvalue weighted by molar-refractivity contribution is -0.126. The molecule has 1 aromatic carbocycles. The molecule has 1 amide bonds. The summed E-state index contributed by atoms with van der Waals surface area (Å²) in [6.45, 7) is 6.77. The lowest BCUT2D eigenvalue weighted by Gasteiger charge is -2.32. The van der Waals surface area contributed by atoms with Gasteiger partial charge in [0.05, 0.1) is 6.04 Å². The second kappa shape index (κ2) is 7.75. The summed E-state index contributed by atoms with van der Waals surface area (Å²) in [5, 5.41) is 6.36. The Labute approximate surface area is 134 Å². The molecule has 1 saturated heterocycles. The van der Waals surface area contributed by atoms with Gasteiger partial charge in [-0.15, -0.1) is 0 Å². The summed E-state index contributed by atoms with van der Waals surface area (Å²) >= 11 is 0. The second-order valence-electron chi connectivity index (χ2n) is 6.53. The highest BCUT2D eigenvalue weighted by Crippen LogP contribution is 2.20. The number of hydrogen-bond acceptors (Lipinski definition) is 3. The number of nitrogens with one attached hydrogen (secondary N) is 2. The molecule has 0 bridgehead atoms. The second-order valence-corrected chi connectivity index (χ2v) is 6.53. The van der Waals surface area contributed by atoms with Crippen molar-refractivity contribution >= 4 is 5.91 Å². The van der Waals surface area contributed by atoms with Gasteiger partial charge in [0.2, 0.25) is 5.91 Å². The van der Waals surface area contributed by atoms with Gasteiger partial charge in [-0.1, -0.05) is 38.1 Å². The molecule has 0 radical (unpaired) electrons. The Hall–Kier alpha value is -1.39. The summed E-state index contributed by atoms with van der Waals surface area (Å²) in [4.78, 5) is 14.4. The molecule has 4 nitrogen and oxygen atoms in total. The monoisotopic (exact) mass is 303 g/mol. The Kier molecular flexibility index (Phi) is 5.98. The highest BCUT2D eigenvalue weighted by molar-refractivity contribution is 5.78. The number of likely N-dealkylation sites (N-methyl/N-ethyl adjacent to an activating group) is 1. The van der Waals surface area contributed by atoms with Crippen LogP contribution in [-0.2, 0) is 11.2 Å². The normalized spacial score (nSPS) is 17.9. The van der Waals surface area contributed by atoms with Gasteiger partial charge in [0.25, 0.3) is 0 Å². The van der Waals surface area contributed by atoms with Gasteiger partial charge in [-0.2, -0.15) is 0 Å². The molecule has 1 aliphatic heterocycles. The first kappa shape index (κ1) is 17.0. The number of carbonyl (C=O) groups is 1. The zero-order chi connectivity index (χ0) is 16.1. The molecular weight excluding hydrogens is 274 g/mol. The standard InChI is InChI=1S/C18H29N3O/c1-5-14-6-8-15(9-7-14)17(21(3)4)12-20-18(22)13(2)16-10-19-11-16/h6-9,13,16-17,19H,5,10-12H2,1-4H3,(H,20,22). The smallest absolute Gasteiger partial charge is 0.223 e. The van der Waals surface area contributed by atoms with Crippen molar-refractivity contribution < 1.29 is 4.79 Å². The highest BCUT2D eigenvalue weighted by Gasteiger charge is 2.29. The SMILES string of the molecule is CCc1ccc(C(CNC(=O)C(C)C2CNC2)N(C)C)cc1. The molecule has 0 aliphatic carbocycles. The van der Waals surface area contributed by atoms with E-state index in [-0.39, 0.29) is 17.9 Å². The molecule has 0 spiro atoms. The molecule has 22 heavy (non-hydrogen) atoms. The van der Waals surface area contributed by atoms with Crippen LogP contribution in [-0.4, -0.2) is 44.5 Å². The predicted octanol–water partition coefficient (Wildman–Crippen LogP) is 1.82. The highest BCUT2D eigenvalue weighted by atomic mass is 16.1. The number of aryl methyl sites for hydroxylation is 1. The molecule has 2 N–H and O–H groups in total. The van der Waals surface area contributed by atoms with E-state index in [4.69, 9.17) is 0 Å². The first-order valence-electron chi connectivity index (χ1n) is 8.26. The summed E-state index contributed by atoms with van der Waals surface area (Å²) in [5.41, 5.74) is 2.59.